The molecule has 2 aliphatic heterocycles. The van der Waals surface area contributed by atoms with Gasteiger partial charge in [0.15, 0.2) is 0 Å². The Morgan fingerprint density at radius 3 is 2.50 bits per heavy atom. The molecule has 2 fully saturated rings. The van der Waals surface area contributed by atoms with E-state index in [-0.39, 0.29) is 5.92 Å². The van der Waals surface area contributed by atoms with Crippen molar-refractivity contribution < 1.29 is 14.6 Å². The molecule has 0 aliphatic carbocycles. The average Bonchev–Trinajstić information content (AvgIpc) is 2.76. The van der Waals surface area contributed by atoms with E-state index in [4.69, 9.17) is 9.84 Å². The topological polar surface area (TPSA) is 53.0 Å². The van der Waals surface area contributed by atoms with Gasteiger partial charge in [0.05, 0.1) is 19.1 Å². The molecule has 2 aliphatic rings. The van der Waals surface area contributed by atoms with Crippen LogP contribution in [-0.4, -0.2) is 73.4 Å². The third-order valence-corrected chi connectivity index (χ3v) is 3.46. The van der Waals surface area contributed by atoms with Crippen LogP contribution in [0.5, 0.6) is 0 Å². The van der Waals surface area contributed by atoms with Crippen LogP contribution >= 0.6 is 0 Å². The minimum atomic E-state index is -0.645. The number of morpholine rings is 1. The van der Waals surface area contributed by atoms with Crippen molar-refractivity contribution in [2.45, 2.75) is 6.42 Å². The van der Waals surface area contributed by atoms with Gasteiger partial charge in [0, 0.05) is 32.7 Å². The molecule has 0 amide bonds. The Hall–Kier alpha value is -0.650. The zero-order chi connectivity index (χ0) is 11.4. The highest BCUT2D eigenvalue weighted by Crippen LogP contribution is 2.15. The lowest BCUT2D eigenvalue weighted by molar-refractivity contribution is -0.141. The SMILES string of the molecule is O=C(O)C1CCN(CCN2CCOCC2)C1. The molecular formula is C11H20N2O3. The van der Waals surface area contributed by atoms with Crippen molar-refractivity contribution in [3.05, 3.63) is 0 Å². The summed E-state index contributed by atoms with van der Waals surface area (Å²) < 4.78 is 5.29. The summed E-state index contributed by atoms with van der Waals surface area (Å²) in [5.41, 5.74) is 0. The molecule has 0 aromatic rings. The van der Waals surface area contributed by atoms with Crippen LogP contribution in [0.2, 0.25) is 0 Å². The van der Waals surface area contributed by atoms with E-state index in [0.717, 1.165) is 58.9 Å². The van der Waals surface area contributed by atoms with Crippen molar-refractivity contribution in [1.82, 2.24) is 9.80 Å². The van der Waals surface area contributed by atoms with Crippen LogP contribution in [0, 0.1) is 5.92 Å². The normalized spacial score (nSPS) is 28.4. The number of carboxylic acids is 1. The maximum Gasteiger partial charge on any atom is 0.307 e. The van der Waals surface area contributed by atoms with Crippen molar-refractivity contribution in [3.8, 4) is 0 Å². The summed E-state index contributed by atoms with van der Waals surface area (Å²) >= 11 is 0. The Labute approximate surface area is 96.0 Å². The Bertz CT molecular complexity index is 241. The second-order valence-electron chi connectivity index (χ2n) is 4.58. The number of likely N-dealkylation sites (tertiary alicyclic amines) is 1. The molecule has 0 aromatic heterocycles. The van der Waals surface area contributed by atoms with E-state index < -0.39 is 5.97 Å². The van der Waals surface area contributed by atoms with E-state index in [1.54, 1.807) is 0 Å². The highest BCUT2D eigenvalue weighted by atomic mass is 16.5. The summed E-state index contributed by atoms with van der Waals surface area (Å²) in [6, 6.07) is 0. The fourth-order valence-corrected chi connectivity index (χ4v) is 2.34. The van der Waals surface area contributed by atoms with E-state index in [2.05, 4.69) is 9.80 Å². The summed E-state index contributed by atoms with van der Waals surface area (Å²) in [7, 11) is 0. The fourth-order valence-electron chi connectivity index (χ4n) is 2.34. The molecule has 1 N–H and O–H groups in total. The summed E-state index contributed by atoms with van der Waals surface area (Å²) in [6.45, 7) is 7.36. The van der Waals surface area contributed by atoms with E-state index >= 15 is 0 Å². The number of rotatable bonds is 4. The molecule has 5 heteroatoms. The number of hydrogen-bond donors (Lipinski definition) is 1. The van der Waals surface area contributed by atoms with Gasteiger partial charge in [0.1, 0.15) is 0 Å². The minimum Gasteiger partial charge on any atom is -0.481 e. The molecule has 0 aromatic carbocycles. The second kappa shape index (κ2) is 5.61. The number of nitrogens with zero attached hydrogens (tertiary/aromatic N) is 2. The van der Waals surface area contributed by atoms with Crippen LogP contribution in [0.3, 0.4) is 0 Å². The van der Waals surface area contributed by atoms with Crippen LogP contribution in [0.15, 0.2) is 0 Å². The van der Waals surface area contributed by atoms with Crippen LogP contribution < -0.4 is 0 Å². The molecule has 5 nitrogen and oxygen atoms in total. The van der Waals surface area contributed by atoms with Crippen LogP contribution in [0.25, 0.3) is 0 Å². The van der Waals surface area contributed by atoms with Gasteiger partial charge in [-0.2, -0.15) is 0 Å². The zero-order valence-electron chi connectivity index (χ0n) is 9.60. The Balaban J connectivity index is 1.65. The van der Waals surface area contributed by atoms with Gasteiger partial charge >= 0.3 is 5.97 Å². The number of ether oxygens (including phenoxy) is 1. The highest BCUT2D eigenvalue weighted by Gasteiger charge is 2.27. The van der Waals surface area contributed by atoms with Crippen molar-refractivity contribution in [2.75, 3.05) is 52.5 Å². The van der Waals surface area contributed by atoms with Crippen molar-refractivity contribution >= 4 is 5.97 Å². The van der Waals surface area contributed by atoms with Crippen molar-refractivity contribution in [3.63, 3.8) is 0 Å². The number of carboxylic acid groups (broad SMARTS) is 1. The van der Waals surface area contributed by atoms with Crippen LogP contribution in [0.4, 0.5) is 0 Å². The lowest BCUT2D eigenvalue weighted by Crippen LogP contribution is -2.41. The maximum absolute atomic E-state index is 10.8. The van der Waals surface area contributed by atoms with Crippen LogP contribution in [-0.2, 0) is 9.53 Å². The molecule has 1 atom stereocenters. The molecule has 0 spiro atoms. The van der Waals surface area contributed by atoms with Crippen molar-refractivity contribution in [1.29, 1.82) is 0 Å². The highest BCUT2D eigenvalue weighted by molar-refractivity contribution is 5.70. The average molecular weight is 228 g/mol. The van der Waals surface area contributed by atoms with E-state index in [1.165, 1.54) is 0 Å². The molecule has 2 rings (SSSR count). The number of carbonyl (C=O) groups is 1. The van der Waals surface area contributed by atoms with Gasteiger partial charge in [-0.1, -0.05) is 0 Å². The largest absolute Gasteiger partial charge is 0.481 e. The molecule has 0 bridgehead atoms. The summed E-state index contributed by atoms with van der Waals surface area (Å²) in [5.74, 6) is -0.793. The molecule has 16 heavy (non-hydrogen) atoms. The first-order valence-electron chi connectivity index (χ1n) is 6.01. The zero-order valence-corrected chi connectivity index (χ0v) is 9.60. The second-order valence-corrected chi connectivity index (χ2v) is 4.58. The summed E-state index contributed by atoms with van der Waals surface area (Å²) in [4.78, 5) is 15.4. The first kappa shape index (κ1) is 11.8. The van der Waals surface area contributed by atoms with Gasteiger partial charge in [-0.15, -0.1) is 0 Å². The Morgan fingerprint density at radius 1 is 1.19 bits per heavy atom. The minimum absolute atomic E-state index is 0.148. The fraction of sp³-hybridized carbons (Fsp3) is 0.909. The van der Waals surface area contributed by atoms with Gasteiger partial charge in [-0.05, 0) is 13.0 Å². The van der Waals surface area contributed by atoms with Gasteiger partial charge < -0.3 is 14.7 Å². The van der Waals surface area contributed by atoms with Gasteiger partial charge in [-0.3, -0.25) is 9.69 Å². The quantitative estimate of drug-likeness (QED) is 0.717. The number of hydrogen-bond acceptors (Lipinski definition) is 4. The Kier molecular flexibility index (Phi) is 4.15. The molecule has 0 radical (unpaired) electrons. The third kappa shape index (κ3) is 3.17. The molecule has 1 unspecified atom stereocenters. The summed E-state index contributed by atoms with van der Waals surface area (Å²) in [5, 5.41) is 8.89. The van der Waals surface area contributed by atoms with Crippen LogP contribution in [0.1, 0.15) is 6.42 Å². The molecule has 92 valence electrons. The molecule has 2 saturated heterocycles. The lowest BCUT2D eigenvalue weighted by atomic mass is 10.1. The molecule has 2 heterocycles. The van der Waals surface area contributed by atoms with Gasteiger partial charge in [-0.25, -0.2) is 0 Å². The van der Waals surface area contributed by atoms with Crippen molar-refractivity contribution in [2.24, 2.45) is 5.92 Å². The number of aliphatic carboxylic acids is 1. The maximum atomic E-state index is 10.8. The molecule has 0 saturated carbocycles. The molecular weight excluding hydrogens is 208 g/mol. The lowest BCUT2D eigenvalue weighted by Gasteiger charge is -2.28. The van der Waals surface area contributed by atoms with E-state index in [9.17, 15) is 4.79 Å². The standard InChI is InChI=1S/C11H20N2O3/c14-11(15)10-1-2-13(9-10)4-3-12-5-7-16-8-6-12/h10H,1-9H2,(H,14,15). The van der Waals surface area contributed by atoms with Gasteiger partial charge in [0.2, 0.25) is 0 Å². The third-order valence-electron chi connectivity index (χ3n) is 3.46. The van der Waals surface area contributed by atoms with Gasteiger partial charge in [0.25, 0.3) is 0 Å². The predicted molar refractivity (Wildman–Crippen MR) is 59.4 cm³/mol. The smallest absolute Gasteiger partial charge is 0.307 e. The monoisotopic (exact) mass is 228 g/mol. The van der Waals surface area contributed by atoms with E-state index in [1.807, 2.05) is 0 Å². The first-order valence-corrected chi connectivity index (χ1v) is 6.01. The Morgan fingerprint density at radius 2 is 1.88 bits per heavy atom. The first-order chi connectivity index (χ1) is 7.75. The van der Waals surface area contributed by atoms with E-state index in [0.29, 0.717) is 0 Å². The summed E-state index contributed by atoms with van der Waals surface area (Å²) in [6.07, 6.45) is 0.804. The predicted octanol–water partition coefficient (Wildman–Crippen LogP) is -0.275.